The summed E-state index contributed by atoms with van der Waals surface area (Å²) in [4.78, 5) is 92.5. The number of amides is 5. The van der Waals surface area contributed by atoms with Crippen LogP contribution in [0.3, 0.4) is 0 Å². The molecule has 4 aliphatic heterocycles. The molecule has 2 atom stereocenters. The Kier molecular flexibility index (Phi) is 13.2. The second-order valence-corrected chi connectivity index (χ2v) is 17.1. The van der Waals surface area contributed by atoms with E-state index in [0.29, 0.717) is 92.1 Å². The van der Waals surface area contributed by atoms with Crippen molar-refractivity contribution in [2.45, 2.75) is 70.3 Å². The number of pyridine rings is 1. The highest BCUT2D eigenvalue weighted by Gasteiger charge is 2.40. The largest absolute Gasteiger partial charge is 0.416 e. The van der Waals surface area contributed by atoms with E-state index in [1.165, 1.54) is 27.9 Å². The maximum absolute atomic E-state index is 15.1. The summed E-state index contributed by atoms with van der Waals surface area (Å²) >= 11 is 0. The van der Waals surface area contributed by atoms with E-state index < -0.39 is 47.4 Å². The first-order chi connectivity index (χ1) is 31.5. The number of carbonyl (C=O) groups is 5. The summed E-state index contributed by atoms with van der Waals surface area (Å²) in [6, 6.07) is 8.03. The van der Waals surface area contributed by atoms with Gasteiger partial charge in [-0.15, -0.1) is 0 Å². The van der Waals surface area contributed by atoms with E-state index in [9.17, 15) is 41.9 Å². The van der Waals surface area contributed by atoms with Gasteiger partial charge in [0.15, 0.2) is 0 Å². The maximum Gasteiger partial charge on any atom is 0.416 e. The van der Waals surface area contributed by atoms with Gasteiger partial charge in [0.1, 0.15) is 29.7 Å². The number of hydrogen-bond donors (Lipinski definition) is 3. The molecule has 4 aromatic rings. The summed E-state index contributed by atoms with van der Waals surface area (Å²) < 4.78 is 56.7. The zero-order valence-corrected chi connectivity index (χ0v) is 36.5. The monoisotopic (exact) mass is 914 g/mol. The number of hydrogen-bond acceptors (Lipinski definition) is 11. The zero-order chi connectivity index (χ0) is 46.9. The van der Waals surface area contributed by atoms with E-state index in [0.717, 1.165) is 36.7 Å². The van der Waals surface area contributed by atoms with Crippen molar-refractivity contribution in [1.29, 1.82) is 0 Å². The number of rotatable bonds is 13. The molecule has 2 aromatic heterocycles. The molecule has 8 rings (SSSR count). The minimum Gasteiger partial charge on any atom is -0.374 e. The summed E-state index contributed by atoms with van der Waals surface area (Å²) in [5.41, 5.74) is 1.74. The van der Waals surface area contributed by atoms with Crippen molar-refractivity contribution in [3.05, 3.63) is 98.9 Å². The number of piperidine rings is 1. The molecule has 0 bridgehead atoms. The Morgan fingerprint density at radius 2 is 1.71 bits per heavy atom. The topological polar surface area (TPSA) is 182 Å². The first-order valence-corrected chi connectivity index (χ1v) is 22.0. The van der Waals surface area contributed by atoms with Crippen LogP contribution in [0.15, 0.2) is 59.7 Å². The van der Waals surface area contributed by atoms with Crippen LogP contribution in [0, 0.1) is 5.82 Å². The number of aryl methyl sites for hydroxylation is 1. The Morgan fingerprint density at radius 1 is 0.924 bits per heavy atom. The SMILES string of the molecule is CC(Nc1ncnc2c1cc(C1=CCN(C(=O)CCCCN3CCN(C(=O)CNc4cc5c(cc4F)C(=O)N(C4CCC(=O)NC4=O)C5)CC3)CC1)c(=O)n2C)c1cccc(C(F)(F)F)c1. The van der Waals surface area contributed by atoms with Crippen LogP contribution in [0.5, 0.6) is 0 Å². The van der Waals surface area contributed by atoms with Gasteiger partial charge < -0.3 is 25.3 Å². The van der Waals surface area contributed by atoms with E-state index in [1.54, 1.807) is 35.9 Å². The van der Waals surface area contributed by atoms with E-state index in [2.05, 4.69) is 30.8 Å². The minimum atomic E-state index is -4.48. The third kappa shape index (κ3) is 9.78. The molecule has 2 fully saturated rings. The van der Waals surface area contributed by atoms with Crippen LogP contribution in [0.4, 0.5) is 29.1 Å². The number of nitrogens with zero attached hydrogens (tertiary/aromatic N) is 7. The van der Waals surface area contributed by atoms with E-state index in [4.69, 9.17) is 0 Å². The van der Waals surface area contributed by atoms with Crippen LogP contribution < -0.4 is 21.5 Å². The number of carbonyl (C=O) groups excluding carboxylic acids is 5. The Morgan fingerprint density at radius 3 is 2.44 bits per heavy atom. The summed E-state index contributed by atoms with van der Waals surface area (Å²) in [5, 5.41) is 8.85. The lowest BCUT2D eigenvalue weighted by molar-refractivity contribution is -0.138. The van der Waals surface area contributed by atoms with Gasteiger partial charge in [0.05, 0.1) is 23.2 Å². The molecule has 20 heteroatoms. The van der Waals surface area contributed by atoms with Gasteiger partial charge in [-0.3, -0.25) is 43.6 Å². The molecule has 5 amide bonds. The van der Waals surface area contributed by atoms with Crippen molar-refractivity contribution in [2.24, 2.45) is 7.05 Å². The number of halogens is 4. The van der Waals surface area contributed by atoms with E-state index >= 15 is 4.39 Å². The van der Waals surface area contributed by atoms with Crippen molar-refractivity contribution in [1.82, 2.24) is 39.5 Å². The molecule has 2 saturated heterocycles. The molecule has 6 heterocycles. The summed E-state index contributed by atoms with van der Waals surface area (Å²) in [6.07, 6.45) is 1.29. The molecular formula is C46H50F4N10O6. The number of alkyl halides is 3. The average molecular weight is 915 g/mol. The number of piperazine rings is 1. The third-order valence-corrected chi connectivity index (χ3v) is 12.9. The molecule has 16 nitrogen and oxygen atoms in total. The fourth-order valence-corrected chi connectivity index (χ4v) is 9.03. The van der Waals surface area contributed by atoms with Gasteiger partial charge >= 0.3 is 6.18 Å². The molecule has 0 radical (unpaired) electrons. The predicted molar refractivity (Wildman–Crippen MR) is 235 cm³/mol. The standard InChI is InChI=1S/C46H50F4N10O6/c1-27(29-6-5-7-31(20-29)46(48,49)50)54-41-34-22-32(44(65)56(2)42(34)53-26-52-41)28-11-14-58(15-12-28)39(62)8-3-4-13-57-16-18-59(19-17-57)40(63)24-51-36-21-30-25-60(45(66)33(30)23-35(36)47)37-9-10-38(61)55-43(37)64/h5-7,11,20-23,26-27,37,51H,3-4,8-10,12-19,24-25H2,1-2H3,(H,52,53,54)(H,55,61,64). The van der Waals surface area contributed by atoms with E-state index in [-0.39, 0.29) is 54.6 Å². The lowest BCUT2D eigenvalue weighted by Crippen LogP contribution is -2.52. The molecule has 0 saturated carbocycles. The number of aromatic nitrogens is 3. The van der Waals surface area contributed by atoms with Crippen LogP contribution in [-0.2, 0) is 38.9 Å². The Bertz CT molecular complexity index is 2680. The maximum atomic E-state index is 15.1. The number of anilines is 2. The molecule has 2 aromatic carbocycles. The smallest absolute Gasteiger partial charge is 0.374 e. The quantitative estimate of drug-likeness (QED) is 0.0979. The molecule has 66 heavy (non-hydrogen) atoms. The van der Waals surface area contributed by atoms with Gasteiger partial charge in [0, 0.05) is 82.9 Å². The number of nitrogens with one attached hydrogen (secondary N) is 3. The van der Waals surface area contributed by atoms with Crippen molar-refractivity contribution in [3.8, 4) is 0 Å². The molecule has 4 aliphatic rings. The van der Waals surface area contributed by atoms with Gasteiger partial charge in [0.25, 0.3) is 11.5 Å². The molecule has 3 N–H and O–H groups in total. The average Bonchev–Trinajstić information content (AvgIpc) is 3.61. The number of benzene rings is 2. The molecule has 2 unspecified atom stereocenters. The normalized spacial score (nSPS) is 18.6. The van der Waals surface area contributed by atoms with Crippen LogP contribution in [0.25, 0.3) is 16.6 Å². The highest BCUT2D eigenvalue weighted by Crippen LogP contribution is 2.34. The van der Waals surface area contributed by atoms with Gasteiger partial charge in [-0.2, -0.15) is 13.2 Å². The molecule has 348 valence electrons. The van der Waals surface area contributed by atoms with Gasteiger partial charge in [0.2, 0.25) is 23.6 Å². The van der Waals surface area contributed by atoms with Crippen LogP contribution in [0.1, 0.15) is 84.1 Å². The first kappa shape index (κ1) is 45.9. The van der Waals surface area contributed by atoms with Crippen molar-refractivity contribution in [2.75, 3.05) is 63.0 Å². The van der Waals surface area contributed by atoms with Crippen LogP contribution in [0.2, 0.25) is 0 Å². The molecule has 0 aliphatic carbocycles. The van der Waals surface area contributed by atoms with Crippen molar-refractivity contribution in [3.63, 3.8) is 0 Å². The third-order valence-electron chi connectivity index (χ3n) is 12.9. The molecule has 0 spiro atoms. The van der Waals surface area contributed by atoms with Gasteiger partial charge in [-0.25, -0.2) is 14.4 Å². The zero-order valence-electron chi connectivity index (χ0n) is 36.5. The minimum absolute atomic E-state index is 0.0149. The lowest BCUT2D eigenvalue weighted by atomic mass is 9.99. The summed E-state index contributed by atoms with van der Waals surface area (Å²) in [5.74, 6) is -1.93. The van der Waals surface area contributed by atoms with Crippen molar-refractivity contribution >= 4 is 57.6 Å². The van der Waals surface area contributed by atoms with Gasteiger partial charge in [-0.05, 0) is 86.2 Å². The predicted octanol–water partition coefficient (Wildman–Crippen LogP) is 4.46. The summed E-state index contributed by atoms with van der Waals surface area (Å²) in [6.45, 7) is 5.50. The van der Waals surface area contributed by atoms with Crippen LogP contribution >= 0.6 is 0 Å². The summed E-state index contributed by atoms with van der Waals surface area (Å²) in [7, 11) is 1.60. The Labute approximate surface area is 377 Å². The van der Waals surface area contributed by atoms with Crippen molar-refractivity contribution < 1.29 is 41.5 Å². The lowest BCUT2D eigenvalue weighted by Gasteiger charge is -2.35. The molecular weight excluding hydrogens is 865 g/mol. The van der Waals surface area contributed by atoms with E-state index in [1.807, 2.05) is 6.08 Å². The van der Waals surface area contributed by atoms with Crippen LogP contribution in [-0.4, -0.2) is 122 Å². The number of imide groups is 1. The first-order valence-electron chi connectivity index (χ1n) is 22.0. The second-order valence-electron chi connectivity index (χ2n) is 17.1. The number of unbranched alkanes of at least 4 members (excludes halogenated alkanes) is 1. The highest BCUT2D eigenvalue weighted by molar-refractivity contribution is 6.05. The fraction of sp³-hybridized carbons (Fsp3) is 0.435. The second kappa shape index (κ2) is 19.0. The highest BCUT2D eigenvalue weighted by atomic mass is 19.4. The number of fused-ring (bicyclic) bond motifs is 2. The fourth-order valence-electron chi connectivity index (χ4n) is 9.03. The van der Waals surface area contributed by atoms with Gasteiger partial charge in [-0.1, -0.05) is 18.2 Å². The Balaban J connectivity index is 0.774. The Hall–Kier alpha value is -6.70.